The lowest BCUT2D eigenvalue weighted by atomic mass is 9.87. The molecular formula is C19H22BrN5O3. The van der Waals surface area contributed by atoms with Gasteiger partial charge in [-0.25, -0.2) is 9.78 Å². The highest BCUT2D eigenvalue weighted by Gasteiger charge is 2.16. The summed E-state index contributed by atoms with van der Waals surface area (Å²) in [5.41, 5.74) is 6.50. The molecule has 0 unspecified atom stereocenters. The summed E-state index contributed by atoms with van der Waals surface area (Å²) in [7, 11) is 0. The van der Waals surface area contributed by atoms with E-state index in [1.54, 1.807) is 24.3 Å². The number of hydrogen-bond donors (Lipinski definition) is 2. The summed E-state index contributed by atoms with van der Waals surface area (Å²) in [6.07, 6.45) is 6.93. The Morgan fingerprint density at radius 3 is 2.89 bits per heavy atom. The topological polar surface area (TPSA) is 108 Å². The van der Waals surface area contributed by atoms with Gasteiger partial charge in [-0.2, -0.15) is 4.52 Å². The van der Waals surface area contributed by atoms with E-state index < -0.39 is 6.09 Å². The van der Waals surface area contributed by atoms with Gasteiger partial charge in [0.15, 0.2) is 16.1 Å². The van der Waals surface area contributed by atoms with Gasteiger partial charge < -0.3 is 20.2 Å². The summed E-state index contributed by atoms with van der Waals surface area (Å²) in [6.45, 7) is 0.615. The van der Waals surface area contributed by atoms with Crippen LogP contribution in [0.3, 0.4) is 0 Å². The summed E-state index contributed by atoms with van der Waals surface area (Å²) in [5, 5.41) is 7.14. The monoisotopic (exact) mass is 447 g/mol. The number of anilines is 1. The zero-order valence-electron chi connectivity index (χ0n) is 15.4. The van der Waals surface area contributed by atoms with Crippen LogP contribution in [-0.4, -0.2) is 27.2 Å². The molecule has 3 N–H and O–H groups in total. The minimum absolute atomic E-state index is 0.312. The maximum atomic E-state index is 12.1. The number of nitrogens with two attached hydrogens (primary N) is 1. The van der Waals surface area contributed by atoms with E-state index in [9.17, 15) is 4.79 Å². The minimum atomic E-state index is -0.491. The SMILES string of the molecule is Nc1cc(OC(=O)NCCC2CCCCC2)cc2nc(-c3ccc(Br)o3)nn12. The highest BCUT2D eigenvalue weighted by molar-refractivity contribution is 9.10. The third kappa shape index (κ3) is 4.30. The van der Waals surface area contributed by atoms with Crippen LogP contribution in [0.1, 0.15) is 38.5 Å². The zero-order valence-corrected chi connectivity index (χ0v) is 16.9. The molecule has 9 heteroatoms. The Hall–Kier alpha value is -2.55. The highest BCUT2D eigenvalue weighted by Crippen LogP contribution is 2.27. The van der Waals surface area contributed by atoms with Gasteiger partial charge in [-0.15, -0.1) is 5.10 Å². The van der Waals surface area contributed by atoms with E-state index in [1.165, 1.54) is 36.6 Å². The number of furan rings is 1. The maximum absolute atomic E-state index is 12.1. The maximum Gasteiger partial charge on any atom is 0.412 e. The molecule has 0 saturated heterocycles. The van der Waals surface area contributed by atoms with Crippen LogP contribution in [0.25, 0.3) is 17.2 Å². The normalized spacial score (nSPS) is 15.0. The summed E-state index contributed by atoms with van der Waals surface area (Å²) in [4.78, 5) is 16.5. The fraction of sp³-hybridized carbons (Fsp3) is 0.421. The number of halogens is 1. The van der Waals surface area contributed by atoms with Crippen molar-refractivity contribution in [2.75, 3.05) is 12.3 Å². The minimum Gasteiger partial charge on any atom is -0.446 e. The molecule has 0 aliphatic heterocycles. The molecule has 3 aromatic heterocycles. The van der Waals surface area contributed by atoms with E-state index in [1.807, 2.05) is 0 Å². The molecular weight excluding hydrogens is 426 g/mol. The number of pyridine rings is 1. The molecule has 0 radical (unpaired) electrons. The summed E-state index contributed by atoms with van der Waals surface area (Å²) in [6, 6.07) is 6.68. The molecule has 1 aliphatic carbocycles. The first-order valence-corrected chi connectivity index (χ1v) is 10.3. The molecule has 4 rings (SSSR count). The van der Waals surface area contributed by atoms with E-state index >= 15 is 0 Å². The van der Waals surface area contributed by atoms with Gasteiger partial charge in [0.05, 0.1) is 0 Å². The number of carbonyl (C=O) groups excluding carboxylic acids is 1. The largest absolute Gasteiger partial charge is 0.446 e. The number of carbonyl (C=O) groups is 1. The van der Waals surface area contributed by atoms with Gasteiger partial charge in [0, 0.05) is 18.7 Å². The average molecular weight is 448 g/mol. The number of aromatic nitrogens is 3. The van der Waals surface area contributed by atoms with Crippen LogP contribution in [0.5, 0.6) is 5.75 Å². The van der Waals surface area contributed by atoms with E-state index in [-0.39, 0.29) is 0 Å². The van der Waals surface area contributed by atoms with Crippen molar-refractivity contribution in [3.05, 3.63) is 28.9 Å². The number of hydrogen-bond acceptors (Lipinski definition) is 6. The number of nitrogen functional groups attached to an aromatic ring is 1. The number of nitrogens with one attached hydrogen (secondary N) is 1. The van der Waals surface area contributed by atoms with Crippen LogP contribution in [0.15, 0.2) is 33.4 Å². The van der Waals surface area contributed by atoms with Gasteiger partial charge in [0.1, 0.15) is 11.6 Å². The first kappa shape index (κ1) is 18.8. The number of amides is 1. The van der Waals surface area contributed by atoms with Crippen molar-refractivity contribution < 1.29 is 13.9 Å². The molecule has 3 heterocycles. The first-order valence-electron chi connectivity index (χ1n) is 9.46. The highest BCUT2D eigenvalue weighted by atomic mass is 79.9. The number of fused-ring (bicyclic) bond motifs is 1. The second-order valence-electron chi connectivity index (χ2n) is 7.03. The van der Waals surface area contributed by atoms with Crippen LogP contribution in [0.2, 0.25) is 0 Å². The fourth-order valence-corrected chi connectivity index (χ4v) is 3.89. The standard InChI is InChI=1S/C19H22BrN5O3/c20-15-7-6-14(28-15)18-23-17-11-13(10-16(21)25(17)24-18)27-19(26)22-9-8-12-4-2-1-3-5-12/h6-7,10-12H,1-5,8-9,21H2,(H,22,26). The molecule has 148 valence electrons. The van der Waals surface area contributed by atoms with Crippen molar-refractivity contribution in [1.82, 2.24) is 19.9 Å². The van der Waals surface area contributed by atoms with Crippen molar-refractivity contribution >= 4 is 33.5 Å². The van der Waals surface area contributed by atoms with Crippen molar-refractivity contribution in [2.45, 2.75) is 38.5 Å². The molecule has 8 nitrogen and oxygen atoms in total. The van der Waals surface area contributed by atoms with Crippen molar-refractivity contribution in [2.24, 2.45) is 5.92 Å². The Kier molecular flexibility index (Phi) is 5.52. The number of ether oxygens (including phenoxy) is 1. The van der Waals surface area contributed by atoms with Gasteiger partial charge in [-0.3, -0.25) is 0 Å². The zero-order chi connectivity index (χ0) is 19.5. The molecule has 28 heavy (non-hydrogen) atoms. The van der Waals surface area contributed by atoms with Crippen molar-refractivity contribution in [1.29, 1.82) is 0 Å². The van der Waals surface area contributed by atoms with Crippen LogP contribution >= 0.6 is 15.9 Å². The molecule has 0 atom stereocenters. The lowest BCUT2D eigenvalue weighted by molar-refractivity contribution is 0.199. The molecule has 1 fully saturated rings. The molecule has 0 spiro atoms. The third-order valence-electron chi connectivity index (χ3n) is 4.99. The van der Waals surface area contributed by atoms with Gasteiger partial charge in [-0.1, -0.05) is 32.1 Å². The molecule has 1 amide bonds. The first-order chi connectivity index (χ1) is 13.6. The molecule has 0 bridgehead atoms. The fourth-order valence-electron chi connectivity index (χ4n) is 3.58. The average Bonchev–Trinajstić information content (AvgIpc) is 3.29. The van der Waals surface area contributed by atoms with Crippen LogP contribution in [-0.2, 0) is 0 Å². The lowest BCUT2D eigenvalue weighted by Crippen LogP contribution is -2.29. The molecule has 1 aliphatic rings. The smallest absolute Gasteiger partial charge is 0.412 e. The van der Waals surface area contributed by atoms with E-state index in [0.29, 0.717) is 45.9 Å². The Labute approximate surface area is 170 Å². The van der Waals surface area contributed by atoms with Gasteiger partial charge in [0.25, 0.3) is 0 Å². The predicted molar refractivity (Wildman–Crippen MR) is 108 cm³/mol. The van der Waals surface area contributed by atoms with E-state index in [4.69, 9.17) is 14.9 Å². The Balaban J connectivity index is 1.40. The Morgan fingerprint density at radius 1 is 1.32 bits per heavy atom. The van der Waals surface area contributed by atoms with Crippen molar-refractivity contribution in [3.8, 4) is 17.3 Å². The predicted octanol–water partition coefficient (Wildman–Crippen LogP) is 4.39. The quantitative estimate of drug-likeness (QED) is 0.600. The van der Waals surface area contributed by atoms with Crippen LogP contribution in [0, 0.1) is 5.92 Å². The Bertz CT molecular complexity index is 977. The lowest BCUT2D eigenvalue weighted by Gasteiger charge is -2.21. The molecule has 3 aromatic rings. The van der Waals surface area contributed by atoms with Gasteiger partial charge in [-0.05, 0) is 40.4 Å². The molecule has 1 saturated carbocycles. The molecule has 0 aromatic carbocycles. The summed E-state index contributed by atoms with van der Waals surface area (Å²) >= 11 is 3.25. The second-order valence-corrected chi connectivity index (χ2v) is 7.82. The summed E-state index contributed by atoms with van der Waals surface area (Å²) < 4.78 is 12.9. The van der Waals surface area contributed by atoms with Gasteiger partial charge >= 0.3 is 6.09 Å². The second kappa shape index (κ2) is 8.22. The Morgan fingerprint density at radius 2 is 2.14 bits per heavy atom. The number of rotatable bonds is 5. The van der Waals surface area contributed by atoms with E-state index in [0.717, 1.165) is 6.42 Å². The van der Waals surface area contributed by atoms with Crippen molar-refractivity contribution in [3.63, 3.8) is 0 Å². The third-order valence-corrected chi connectivity index (χ3v) is 5.42. The van der Waals surface area contributed by atoms with Crippen LogP contribution < -0.4 is 15.8 Å². The van der Waals surface area contributed by atoms with Gasteiger partial charge in [0.2, 0.25) is 5.82 Å². The van der Waals surface area contributed by atoms with Crippen LogP contribution in [0.4, 0.5) is 10.6 Å². The number of nitrogens with zero attached hydrogens (tertiary/aromatic N) is 3. The van der Waals surface area contributed by atoms with E-state index in [2.05, 4.69) is 31.3 Å². The summed E-state index contributed by atoms with van der Waals surface area (Å²) in [5.74, 6) is 2.24.